The van der Waals surface area contributed by atoms with Gasteiger partial charge < -0.3 is 5.32 Å². The minimum atomic E-state index is -0.114. The first-order valence-corrected chi connectivity index (χ1v) is 10.2. The minimum absolute atomic E-state index is 0.114. The quantitative estimate of drug-likeness (QED) is 0.519. The fourth-order valence-corrected chi connectivity index (χ4v) is 4.73. The number of rotatable bonds is 4. The van der Waals surface area contributed by atoms with Gasteiger partial charge in [0.2, 0.25) is 0 Å². The average Bonchev–Trinajstić information content (AvgIpc) is 3.06. The maximum absolute atomic E-state index is 13.1. The number of halogens is 1. The predicted molar refractivity (Wildman–Crippen MR) is 114 cm³/mol. The summed E-state index contributed by atoms with van der Waals surface area (Å²) in [6.07, 6.45) is 6.07. The molecule has 0 saturated carbocycles. The molecule has 1 aliphatic carbocycles. The number of hydrogen-bond donors (Lipinski definition) is 1. The molecule has 1 amide bonds. The zero-order valence-corrected chi connectivity index (χ0v) is 16.3. The zero-order valence-electron chi connectivity index (χ0n) is 14.7. The van der Waals surface area contributed by atoms with Crippen LogP contribution in [0.2, 0.25) is 5.02 Å². The van der Waals surface area contributed by atoms with Crippen molar-refractivity contribution in [3.63, 3.8) is 0 Å². The summed E-state index contributed by atoms with van der Waals surface area (Å²) in [7, 11) is 0. The molecular formula is C22H19ClN2OS. The van der Waals surface area contributed by atoms with E-state index in [1.165, 1.54) is 11.3 Å². The van der Waals surface area contributed by atoms with Crippen LogP contribution in [0.25, 0.3) is 0 Å². The first-order chi connectivity index (χ1) is 13.2. The molecule has 4 rings (SSSR count). The van der Waals surface area contributed by atoms with Gasteiger partial charge in [0.25, 0.3) is 5.91 Å². The van der Waals surface area contributed by atoms with E-state index in [4.69, 9.17) is 11.6 Å². The van der Waals surface area contributed by atoms with Crippen LogP contribution in [-0.4, -0.2) is 12.1 Å². The molecule has 0 bridgehead atoms. The molecule has 3 nitrogen and oxygen atoms in total. The summed E-state index contributed by atoms with van der Waals surface area (Å²) in [5, 5.41) is 4.37. The van der Waals surface area contributed by atoms with Crippen molar-refractivity contribution in [3.05, 3.63) is 81.2 Å². The number of anilines is 1. The number of aryl methyl sites for hydroxylation is 1. The van der Waals surface area contributed by atoms with Crippen LogP contribution in [0.4, 0.5) is 10.7 Å². The molecule has 0 spiro atoms. The first-order valence-electron chi connectivity index (χ1n) is 9.01. The number of nitrogens with one attached hydrogen (secondary N) is 1. The van der Waals surface area contributed by atoms with Crippen molar-refractivity contribution in [3.8, 4) is 0 Å². The van der Waals surface area contributed by atoms with Gasteiger partial charge in [-0.2, -0.15) is 0 Å². The highest BCUT2D eigenvalue weighted by Gasteiger charge is 2.25. The van der Waals surface area contributed by atoms with Crippen molar-refractivity contribution in [1.82, 2.24) is 0 Å². The van der Waals surface area contributed by atoms with E-state index in [1.54, 1.807) is 23.5 Å². The average molecular weight is 395 g/mol. The molecule has 0 unspecified atom stereocenters. The van der Waals surface area contributed by atoms with Gasteiger partial charge >= 0.3 is 0 Å². The van der Waals surface area contributed by atoms with Crippen molar-refractivity contribution in [2.75, 3.05) is 5.32 Å². The summed E-state index contributed by atoms with van der Waals surface area (Å²) in [5.41, 5.74) is 3.58. The molecule has 1 heterocycles. The van der Waals surface area contributed by atoms with E-state index in [0.717, 1.165) is 35.4 Å². The largest absolute Gasteiger partial charge is 0.322 e. The first kappa shape index (κ1) is 18.0. The third-order valence-corrected chi connectivity index (χ3v) is 6.03. The van der Waals surface area contributed by atoms with Crippen LogP contribution in [0, 0.1) is 0 Å². The summed E-state index contributed by atoms with van der Waals surface area (Å²) in [5.74, 6) is -0.114. The van der Waals surface area contributed by atoms with E-state index in [9.17, 15) is 4.79 Å². The molecule has 0 saturated heterocycles. The molecule has 0 fully saturated rings. The summed E-state index contributed by atoms with van der Waals surface area (Å²) in [6.45, 7) is 0. The van der Waals surface area contributed by atoms with Crippen LogP contribution < -0.4 is 5.32 Å². The Bertz CT molecular complexity index is 995. The molecule has 0 aliphatic heterocycles. The number of aliphatic imine (C=N–C) groups is 1. The molecule has 1 aromatic heterocycles. The SMILES string of the molecule is O=C(Nc1cccc(Cl)c1)c1c(N=Cc2ccccc2)sc2c1CCCC2. The van der Waals surface area contributed by atoms with E-state index in [0.29, 0.717) is 16.3 Å². The van der Waals surface area contributed by atoms with Crippen molar-refractivity contribution < 1.29 is 4.79 Å². The van der Waals surface area contributed by atoms with Gasteiger partial charge in [0.15, 0.2) is 0 Å². The molecule has 2 aromatic carbocycles. The Hall–Kier alpha value is -2.43. The summed E-state index contributed by atoms with van der Waals surface area (Å²) >= 11 is 7.68. The van der Waals surface area contributed by atoms with Crippen molar-refractivity contribution in [1.29, 1.82) is 0 Å². The maximum Gasteiger partial charge on any atom is 0.259 e. The van der Waals surface area contributed by atoms with Gasteiger partial charge in [0.05, 0.1) is 5.56 Å². The number of hydrogen-bond acceptors (Lipinski definition) is 3. The number of carbonyl (C=O) groups is 1. The molecular weight excluding hydrogens is 376 g/mol. The lowest BCUT2D eigenvalue weighted by atomic mass is 9.95. The third kappa shape index (κ3) is 4.12. The second-order valence-electron chi connectivity index (χ2n) is 6.52. The second kappa shape index (κ2) is 8.07. The van der Waals surface area contributed by atoms with E-state index in [2.05, 4.69) is 10.3 Å². The maximum atomic E-state index is 13.1. The highest BCUT2D eigenvalue weighted by Crippen LogP contribution is 2.40. The van der Waals surface area contributed by atoms with Crippen molar-refractivity contribution in [2.24, 2.45) is 4.99 Å². The van der Waals surface area contributed by atoms with Gasteiger partial charge in [-0.15, -0.1) is 11.3 Å². The normalized spacial score (nSPS) is 13.5. The van der Waals surface area contributed by atoms with E-state index < -0.39 is 0 Å². The van der Waals surface area contributed by atoms with E-state index >= 15 is 0 Å². The summed E-state index contributed by atoms with van der Waals surface area (Å²) in [4.78, 5) is 19.0. The van der Waals surface area contributed by atoms with Gasteiger partial charge in [0.1, 0.15) is 5.00 Å². The van der Waals surface area contributed by atoms with Gasteiger partial charge in [-0.1, -0.05) is 48.0 Å². The van der Waals surface area contributed by atoms with Crippen LogP contribution in [0.3, 0.4) is 0 Å². The number of benzene rings is 2. The number of fused-ring (bicyclic) bond motifs is 1. The van der Waals surface area contributed by atoms with Crippen LogP contribution in [0.15, 0.2) is 59.6 Å². The van der Waals surface area contributed by atoms with Crippen LogP contribution in [0.5, 0.6) is 0 Å². The molecule has 1 aliphatic rings. The lowest BCUT2D eigenvalue weighted by Gasteiger charge is -2.13. The third-order valence-electron chi connectivity index (χ3n) is 4.59. The standard InChI is InChI=1S/C22H19ClN2OS/c23-16-9-6-10-17(13-16)25-21(26)20-18-11-4-5-12-19(18)27-22(20)24-14-15-7-2-1-3-8-15/h1-3,6-10,13-14H,4-5,11-12H2,(H,25,26). The molecule has 0 radical (unpaired) electrons. The summed E-state index contributed by atoms with van der Waals surface area (Å²) in [6, 6.07) is 17.2. The van der Waals surface area contributed by atoms with E-state index in [-0.39, 0.29) is 5.91 Å². The zero-order chi connectivity index (χ0) is 18.6. The lowest BCUT2D eigenvalue weighted by Crippen LogP contribution is -2.14. The van der Waals surface area contributed by atoms with E-state index in [1.807, 2.05) is 48.7 Å². The second-order valence-corrected chi connectivity index (χ2v) is 8.04. The molecule has 27 heavy (non-hydrogen) atoms. The topological polar surface area (TPSA) is 41.5 Å². The van der Waals surface area contributed by atoms with Crippen molar-refractivity contribution >= 4 is 45.7 Å². The van der Waals surface area contributed by atoms with Gasteiger partial charge in [-0.05, 0) is 55.0 Å². The van der Waals surface area contributed by atoms with Crippen LogP contribution in [0.1, 0.15) is 39.2 Å². The Balaban J connectivity index is 1.68. The minimum Gasteiger partial charge on any atom is -0.322 e. The highest BCUT2D eigenvalue weighted by atomic mass is 35.5. The molecule has 0 atom stereocenters. The summed E-state index contributed by atoms with van der Waals surface area (Å²) < 4.78 is 0. The number of thiophene rings is 1. The Morgan fingerprint density at radius 1 is 1.07 bits per heavy atom. The van der Waals surface area contributed by atoms with Gasteiger partial charge in [-0.25, -0.2) is 4.99 Å². The molecule has 136 valence electrons. The monoisotopic (exact) mass is 394 g/mol. The molecule has 5 heteroatoms. The fourth-order valence-electron chi connectivity index (χ4n) is 3.31. The smallest absolute Gasteiger partial charge is 0.259 e. The number of carbonyl (C=O) groups excluding carboxylic acids is 1. The Kier molecular flexibility index (Phi) is 5.37. The Labute approximate surface area is 167 Å². The highest BCUT2D eigenvalue weighted by molar-refractivity contribution is 7.16. The molecule has 1 N–H and O–H groups in total. The Morgan fingerprint density at radius 2 is 1.89 bits per heavy atom. The van der Waals surface area contributed by atoms with Crippen molar-refractivity contribution in [2.45, 2.75) is 25.7 Å². The van der Waals surface area contributed by atoms with Gasteiger partial charge in [0, 0.05) is 21.8 Å². The van der Waals surface area contributed by atoms with Crippen LogP contribution >= 0.6 is 22.9 Å². The fraction of sp³-hybridized carbons (Fsp3) is 0.182. The van der Waals surface area contributed by atoms with Gasteiger partial charge in [-0.3, -0.25) is 4.79 Å². The lowest BCUT2D eigenvalue weighted by molar-refractivity contribution is 0.102. The predicted octanol–water partition coefficient (Wildman–Crippen LogP) is 6.28. The number of amides is 1. The number of nitrogens with zero attached hydrogens (tertiary/aromatic N) is 1. The Morgan fingerprint density at radius 3 is 2.70 bits per heavy atom. The molecule has 3 aromatic rings. The van der Waals surface area contributed by atoms with Crippen LogP contribution in [-0.2, 0) is 12.8 Å².